The number of rotatable bonds is 3. The Morgan fingerprint density at radius 2 is 2.08 bits per heavy atom. The summed E-state index contributed by atoms with van der Waals surface area (Å²) in [4.78, 5) is 2.69. The highest BCUT2D eigenvalue weighted by Gasteiger charge is 2.36. The number of likely N-dealkylation sites (tertiary alicyclic amines) is 1. The van der Waals surface area contributed by atoms with Gasteiger partial charge in [0, 0.05) is 13.1 Å². The Morgan fingerprint density at radius 1 is 1.38 bits per heavy atom. The van der Waals surface area contributed by atoms with Gasteiger partial charge in [-0.3, -0.25) is 0 Å². The van der Waals surface area contributed by atoms with Gasteiger partial charge in [-0.15, -0.1) is 0 Å². The molecule has 2 fully saturated rings. The number of hydrogen-bond acceptors (Lipinski definition) is 1. The molecule has 0 spiro atoms. The molecule has 76 valence electrons. The van der Waals surface area contributed by atoms with Crippen LogP contribution in [0.1, 0.15) is 33.6 Å². The first-order chi connectivity index (χ1) is 6.16. The molecule has 1 nitrogen and oxygen atoms in total. The van der Waals surface area contributed by atoms with Crippen LogP contribution in [0.25, 0.3) is 0 Å². The van der Waals surface area contributed by atoms with E-state index < -0.39 is 0 Å². The van der Waals surface area contributed by atoms with E-state index in [1.165, 1.54) is 32.5 Å². The van der Waals surface area contributed by atoms with Crippen LogP contribution in [0.15, 0.2) is 0 Å². The summed E-state index contributed by atoms with van der Waals surface area (Å²) in [5.74, 6) is 3.94. The van der Waals surface area contributed by atoms with Crippen LogP contribution in [0.3, 0.4) is 0 Å². The lowest BCUT2D eigenvalue weighted by Gasteiger charge is -2.17. The van der Waals surface area contributed by atoms with Gasteiger partial charge in [0.2, 0.25) is 0 Å². The van der Waals surface area contributed by atoms with Gasteiger partial charge in [-0.25, -0.2) is 0 Å². The zero-order valence-corrected chi connectivity index (χ0v) is 9.29. The fourth-order valence-corrected chi connectivity index (χ4v) is 2.56. The third-order valence-electron chi connectivity index (χ3n) is 4.02. The van der Waals surface area contributed by atoms with Gasteiger partial charge in [0.15, 0.2) is 0 Å². The molecule has 3 unspecified atom stereocenters. The van der Waals surface area contributed by atoms with Gasteiger partial charge in [-0.05, 0) is 43.1 Å². The average Bonchev–Trinajstić information content (AvgIpc) is 2.61. The lowest BCUT2D eigenvalue weighted by molar-refractivity contribution is 0.289. The van der Waals surface area contributed by atoms with E-state index >= 15 is 0 Å². The van der Waals surface area contributed by atoms with Crippen LogP contribution < -0.4 is 0 Å². The van der Waals surface area contributed by atoms with Crippen molar-refractivity contribution in [1.29, 1.82) is 0 Å². The predicted octanol–water partition coefficient (Wildman–Crippen LogP) is 2.62. The molecule has 0 bridgehead atoms. The molecule has 3 atom stereocenters. The summed E-state index contributed by atoms with van der Waals surface area (Å²) in [5.41, 5.74) is 0. The summed E-state index contributed by atoms with van der Waals surface area (Å²) in [6, 6.07) is 0. The second kappa shape index (κ2) is 3.61. The van der Waals surface area contributed by atoms with E-state index in [9.17, 15) is 0 Å². The maximum Gasteiger partial charge on any atom is 0.00127 e. The first kappa shape index (κ1) is 9.51. The first-order valence-electron chi connectivity index (χ1n) is 5.89. The third-order valence-corrected chi connectivity index (χ3v) is 4.02. The molecular weight excluding hydrogens is 158 g/mol. The highest BCUT2D eigenvalue weighted by Crippen LogP contribution is 2.39. The van der Waals surface area contributed by atoms with E-state index in [0.29, 0.717) is 0 Å². The van der Waals surface area contributed by atoms with E-state index in [1.807, 2.05) is 0 Å². The van der Waals surface area contributed by atoms with Crippen molar-refractivity contribution >= 4 is 0 Å². The van der Waals surface area contributed by atoms with E-state index in [2.05, 4.69) is 25.7 Å². The Hall–Kier alpha value is -0.0400. The maximum atomic E-state index is 2.69. The zero-order valence-electron chi connectivity index (χ0n) is 9.29. The summed E-state index contributed by atoms with van der Waals surface area (Å²) < 4.78 is 0. The Kier molecular flexibility index (Phi) is 2.64. The lowest BCUT2D eigenvalue weighted by Crippen LogP contribution is -2.24. The van der Waals surface area contributed by atoms with E-state index in [4.69, 9.17) is 0 Å². The highest BCUT2D eigenvalue weighted by molar-refractivity contribution is 4.88. The van der Waals surface area contributed by atoms with Crippen molar-refractivity contribution in [1.82, 2.24) is 4.90 Å². The molecule has 1 aliphatic carbocycles. The van der Waals surface area contributed by atoms with Crippen molar-refractivity contribution in [3.05, 3.63) is 0 Å². The van der Waals surface area contributed by atoms with Crippen molar-refractivity contribution in [2.75, 3.05) is 19.6 Å². The number of nitrogens with zero attached hydrogens (tertiary/aromatic N) is 1. The van der Waals surface area contributed by atoms with Gasteiger partial charge < -0.3 is 4.90 Å². The Morgan fingerprint density at radius 3 is 2.54 bits per heavy atom. The SMILES string of the molecule is CC(C)C1CCN(CC2CC2C)C1. The molecule has 1 saturated carbocycles. The summed E-state index contributed by atoms with van der Waals surface area (Å²) in [6.45, 7) is 11.3. The molecule has 2 aliphatic rings. The van der Waals surface area contributed by atoms with E-state index in [0.717, 1.165) is 23.7 Å². The van der Waals surface area contributed by atoms with Crippen molar-refractivity contribution in [2.45, 2.75) is 33.6 Å². The first-order valence-corrected chi connectivity index (χ1v) is 5.89. The van der Waals surface area contributed by atoms with E-state index in [1.54, 1.807) is 0 Å². The van der Waals surface area contributed by atoms with Crippen LogP contribution >= 0.6 is 0 Å². The number of hydrogen-bond donors (Lipinski definition) is 0. The molecule has 0 N–H and O–H groups in total. The van der Waals surface area contributed by atoms with E-state index in [-0.39, 0.29) is 0 Å². The van der Waals surface area contributed by atoms with Gasteiger partial charge in [-0.1, -0.05) is 20.8 Å². The topological polar surface area (TPSA) is 3.24 Å². The molecule has 0 aromatic heterocycles. The molecule has 2 rings (SSSR count). The second-order valence-electron chi connectivity index (χ2n) is 5.53. The molecule has 13 heavy (non-hydrogen) atoms. The molecule has 1 heterocycles. The summed E-state index contributed by atoms with van der Waals surface area (Å²) in [6.07, 6.45) is 2.93. The fourth-order valence-electron chi connectivity index (χ4n) is 2.56. The van der Waals surface area contributed by atoms with Crippen molar-refractivity contribution in [3.8, 4) is 0 Å². The highest BCUT2D eigenvalue weighted by atomic mass is 15.1. The Balaban J connectivity index is 1.72. The van der Waals surface area contributed by atoms with Gasteiger partial charge in [0.25, 0.3) is 0 Å². The van der Waals surface area contributed by atoms with Crippen LogP contribution in [0.2, 0.25) is 0 Å². The molecular formula is C12H23N. The minimum absolute atomic E-state index is 0.890. The van der Waals surface area contributed by atoms with Crippen LogP contribution in [0.5, 0.6) is 0 Å². The third kappa shape index (κ3) is 2.25. The molecule has 0 radical (unpaired) electrons. The Bertz CT molecular complexity index is 176. The van der Waals surface area contributed by atoms with Gasteiger partial charge in [-0.2, -0.15) is 0 Å². The molecule has 0 aromatic rings. The summed E-state index contributed by atoms with van der Waals surface area (Å²) >= 11 is 0. The van der Waals surface area contributed by atoms with Crippen molar-refractivity contribution < 1.29 is 0 Å². The molecule has 0 aromatic carbocycles. The standard InChI is InChI=1S/C12H23N/c1-9(2)11-4-5-13(7-11)8-12-6-10(12)3/h9-12H,4-8H2,1-3H3. The monoisotopic (exact) mass is 181 g/mol. The van der Waals surface area contributed by atoms with Crippen LogP contribution in [-0.4, -0.2) is 24.5 Å². The maximum absolute atomic E-state index is 2.69. The minimum atomic E-state index is 0.890. The summed E-state index contributed by atoms with van der Waals surface area (Å²) in [5, 5.41) is 0. The van der Waals surface area contributed by atoms with Crippen molar-refractivity contribution in [2.24, 2.45) is 23.7 Å². The molecule has 1 saturated heterocycles. The van der Waals surface area contributed by atoms with Crippen LogP contribution in [0, 0.1) is 23.7 Å². The smallest absolute Gasteiger partial charge is 0.00127 e. The minimum Gasteiger partial charge on any atom is -0.303 e. The molecule has 0 amide bonds. The normalized spacial score (nSPS) is 40.2. The van der Waals surface area contributed by atoms with Crippen molar-refractivity contribution in [3.63, 3.8) is 0 Å². The predicted molar refractivity (Wildman–Crippen MR) is 56.7 cm³/mol. The van der Waals surface area contributed by atoms with Gasteiger partial charge >= 0.3 is 0 Å². The average molecular weight is 181 g/mol. The van der Waals surface area contributed by atoms with Gasteiger partial charge in [0.05, 0.1) is 0 Å². The van der Waals surface area contributed by atoms with Crippen LogP contribution in [0.4, 0.5) is 0 Å². The summed E-state index contributed by atoms with van der Waals surface area (Å²) in [7, 11) is 0. The van der Waals surface area contributed by atoms with Crippen LogP contribution in [-0.2, 0) is 0 Å². The quantitative estimate of drug-likeness (QED) is 0.647. The fraction of sp³-hybridized carbons (Fsp3) is 1.00. The molecule has 1 aliphatic heterocycles. The van der Waals surface area contributed by atoms with Gasteiger partial charge in [0.1, 0.15) is 0 Å². The second-order valence-corrected chi connectivity index (χ2v) is 5.53. The Labute approximate surface area is 82.5 Å². The zero-order chi connectivity index (χ0) is 9.42. The largest absolute Gasteiger partial charge is 0.303 e. The molecule has 1 heteroatoms. The lowest BCUT2D eigenvalue weighted by atomic mass is 9.95.